The molecule has 0 spiro atoms. The molecule has 0 saturated carbocycles. The lowest BCUT2D eigenvalue weighted by Gasteiger charge is -2.26. The first-order valence-corrected chi connectivity index (χ1v) is 6.58. The number of hydrogen-bond acceptors (Lipinski definition) is 4. The number of nitrogens with two attached hydrogens (primary N) is 1. The Morgan fingerprint density at radius 2 is 2.05 bits per heavy atom. The van der Waals surface area contributed by atoms with Crippen LogP contribution < -0.4 is 11.1 Å². The highest BCUT2D eigenvalue weighted by molar-refractivity contribution is 6.01. The summed E-state index contributed by atoms with van der Waals surface area (Å²) in [6.07, 6.45) is 0. The van der Waals surface area contributed by atoms with E-state index in [1.165, 1.54) is 0 Å². The average molecular weight is 277 g/mol. The maximum Gasteiger partial charge on any atom is 0.253 e. The Hall–Kier alpha value is -2.08. The van der Waals surface area contributed by atoms with Crippen molar-refractivity contribution in [3.8, 4) is 0 Å². The fraction of sp³-hybridized carbons (Fsp3) is 0.429. The van der Waals surface area contributed by atoms with Crippen LogP contribution in [0.15, 0.2) is 18.2 Å². The first-order chi connectivity index (χ1) is 9.59. The lowest BCUT2D eigenvalue weighted by Crippen LogP contribution is -2.45. The number of nitrogen functional groups attached to an aromatic ring is 1. The van der Waals surface area contributed by atoms with E-state index in [-0.39, 0.29) is 18.4 Å². The topological polar surface area (TPSA) is 84.7 Å². The molecule has 0 aliphatic carbocycles. The van der Waals surface area contributed by atoms with Gasteiger partial charge in [0.1, 0.15) is 0 Å². The largest absolute Gasteiger partial charge is 0.398 e. The molecule has 1 aromatic carbocycles. The minimum Gasteiger partial charge on any atom is -0.398 e. The number of carbonyl (C=O) groups is 2. The van der Waals surface area contributed by atoms with Gasteiger partial charge in [0.05, 0.1) is 25.3 Å². The molecule has 108 valence electrons. The highest BCUT2D eigenvalue weighted by atomic mass is 16.5. The van der Waals surface area contributed by atoms with Gasteiger partial charge < -0.3 is 20.7 Å². The summed E-state index contributed by atoms with van der Waals surface area (Å²) in [7, 11) is 0. The van der Waals surface area contributed by atoms with Gasteiger partial charge in [-0.25, -0.2) is 0 Å². The zero-order valence-corrected chi connectivity index (χ0v) is 11.5. The molecule has 0 aromatic heterocycles. The van der Waals surface area contributed by atoms with E-state index in [4.69, 9.17) is 10.5 Å². The number of morpholine rings is 1. The summed E-state index contributed by atoms with van der Waals surface area (Å²) < 4.78 is 5.18. The summed E-state index contributed by atoms with van der Waals surface area (Å²) in [6.45, 7) is 4.05. The number of anilines is 1. The number of rotatable bonds is 3. The van der Waals surface area contributed by atoms with Crippen molar-refractivity contribution in [1.29, 1.82) is 0 Å². The maximum absolute atomic E-state index is 12.0. The van der Waals surface area contributed by atoms with Crippen LogP contribution in [0.5, 0.6) is 0 Å². The van der Waals surface area contributed by atoms with Crippen LogP contribution in [-0.2, 0) is 9.53 Å². The van der Waals surface area contributed by atoms with Gasteiger partial charge in [0.2, 0.25) is 5.91 Å². The van der Waals surface area contributed by atoms with Crippen LogP contribution >= 0.6 is 0 Å². The van der Waals surface area contributed by atoms with Crippen molar-refractivity contribution in [2.24, 2.45) is 0 Å². The average Bonchev–Trinajstić information content (AvgIpc) is 2.48. The van der Waals surface area contributed by atoms with Gasteiger partial charge in [0.15, 0.2) is 0 Å². The molecular formula is C14H19N3O3. The normalized spacial score (nSPS) is 14.9. The monoisotopic (exact) mass is 277 g/mol. The second kappa shape index (κ2) is 6.38. The highest BCUT2D eigenvalue weighted by Gasteiger charge is 2.18. The molecule has 1 saturated heterocycles. The molecule has 1 aliphatic heterocycles. The molecule has 0 atom stereocenters. The van der Waals surface area contributed by atoms with Gasteiger partial charge >= 0.3 is 0 Å². The van der Waals surface area contributed by atoms with Crippen molar-refractivity contribution in [3.63, 3.8) is 0 Å². The number of benzene rings is 1. The lowest BCUT2D eigenvalue weighted by atomic mass is 10.1. The van der Waals surface area contributed by atoms with Crippen molar-refractivity contribution in [2.75, 3.05) is 38.6 Å². The molecule has 1 heterocycles. The second-order valence-corrected chi connectivity index (χ2v) is 4.71. The maximum atomic E-state index is 12.0. The number of carbonyl (C=O) groups excluding carboxylic acids is 2. The lowest BCUT2D eigenvalue weighted by molar-refractivity contribution is -0.134. The Kier molecular flexibility index (Phi) is 4.57. The van der Waals surface area contributed by atoms with Gasteiger partial charge in [-0.15, -0.1) is 0 Å². The Labute approximate surface area is 117 Å². The van der Waals surface area contributed by atoms with Gasteiger partial charge in [-0.05, 0) is 18.6 Å². The molecule has 1 aliphatic rings. The summed E-state index contributed by atoms with van der Waals surface area (Å²) in [4.78, 5) is 25.6. The highest BCUT2D eigenvalue weighted by Crippen LogP contribution is 2.15. The number of aryl methyl sites for hydroxylation is 1. The van der Waals surface area contributed by atoms with E-state index < -0.39 is 0 Å². The van der Waals surface area contributed by atoms with Crippen LogP contribution in [0, 0.1) is 6.92 Å². The number of ether oxygens (including phenoxy) is 1. The smallest absolute Gasteiger partial charge is 0.253 e. The summed E-state index contributed by atoms with van der Waals surface area (Å²) in [5.41, 5.74) is 7.56. The van der Waals surface area contributed by atoms with Crippen molar-refractivity contribution in [3.05, 3.63) is 29.3 Å². The van der Waals surface area contributed by atoms with Gasteiger partial charge in [0, 0.05) is 18.8 Å². The fourth-order valence-corrected chi connectivity index (χ4v) is 2.05. The van der Waals surface area contributed by atoms with Crippen LogP contribution in [0.2, 0.25) is 0 Å². The van der Waals surface area contributed by atoms with Crippen LogP contribution in [-0.4, -0.2) is 49.6 Å². The fourth-order valence-electron chi connectivity index (χ4n) is 2.05. The summed E-state index contributed by atoms with van der Waals surface area (Å²) >= 11 is 0. The Balaban J connectivity index is 1.91. The third-order valence-electron chi connectivity index (χ3n) is 3.33. The molecular weight excluding hydrogens is 258 g/mol. The zero-order chi connectivity index (χ0) is 14.5. The molecule has 0 radical (unpaired) electrons. The van der Waals surface area contributed by atoms with Gasteiger partial charge in [-0.3, -0.25) is 9.59 Å². The van der Waals surface area contributed by atoms with E-state index in [0.29, 0.717) is 37.6 Å². The predicted octanol–water partition coefficient (Wildman–Crippen LogP) is 0.166. The van der Waals surface area contributed by atoms with E-state index >= 15 is 0 Å². The number of amides is 2. The molecule has 1 fully saturated rings. The molecule has 2 rings (SSSR count). The van der Waals surface area contributed by atoms with Crippen LogP contribution in [0.1, 0.15) is 15.9 Å². The summed E-state index contributed by atoms with van der Waals surface area (Å²) in [5.74, 6) is -0.430. The van der Waals surface area contributed by atoms with Gasteiger partial charge in [0.25, 0.3) is 5.91 Å². The molecule has 3 N–H and O–H groups in total. The standard InChI is InChI=1S/C14H19N3O3/c1-10-3-2-4-11(13(10)15)14(19)16-9-12(18)17-5-7-20-8-6-17/h2-4H,5-9,15H2,1H3,(H,16,19). The second-order valence-electron chi connectivity index (χ2n) is 4.71. The molecule has 6 nitrogen and oxygen atoms in total. The Morgan fingerprint density at radius 3 is 2.75 bits per heavy atom. The Bertz CT molecular complexity index is 510. The number of para-hydroxylation sites is 1. The summed E-state index contributed by atoms with van der Waals surface area (Å²) in [5, 5.41) is 2.61. The Morgan fingerprint density at radius 1 is 1.35 bits per heavy atom. The molecule has 0 bridgehead atoms. The van der Waals surface area contributed by atoms with Crippen molar-refractivity contribution < 1.29 is 14.3 Å². The first-order valence-electron chi connectivity index (χ1n) is 6.58. The quantitative estimate of drug-likeness (QED) is 0.771. The van der Waals surface area contributed by atoms with E-state index in [1.54, 1.807) is 17.0 Å². The van der Waals surface area contributed by atoms with Crippen molar-refractivity contribution in [2.45, 2.75) is 6.92 Å². The number of nitrogens with zero attached hydrogens (tertiary/aromatic N) is 1. The molecule has 1 aromatic rings. The zero-order valence-electron chi connectivity index (χ0n) is 11.5. The van der Waals surface area contributed by atoms with E-state index in [2.05, 4.69) is 5.32 Å². The van der Waals surface area contributed by atoms with Crippen molar-refractivity contribution in [1.82, 2.24) is 10.2 Å². The minimum absolute atomic E-state index is 0.0216. The van der Waals surface area contributed by atoms with Crippen LogP contribution in [0.25, 0.3) is 0 Å². The predicted molar refractivity (Wildman–Crippen MR) is 75.3 cm³/mol. The van der Waals surface area contributed by atoms with E-state index in [0.717, 1.165) is 5.56 Å². The summed E-state index contributed by atoms with van der Waals surface area (Å²) in [6, 6.07) is 5.26. The van der Waals surface area contributed by atoms with Gasteiger partial charge in [-0.1, -0.05) is 12.1 Å². The van der Waals surface area contributed by atoms with E-state index in [1.807, 2.05) is 13.0 Å². The number of hydrogen-bond donors (Lipinski definition) is 2. The molecule has 0 unspecified atom stereocenters. The van der Waals surface area contributed by atoms with E-state index in [9.17, 15) is 9.59 Å². The van der Waals surface area contributed by atoms with Crippen LogP contribution in [0.4, 0.5) is 5.69 Å². The molecule has 6 heteroatoms. The third kappa shape index (κ3) is 3.27. The SMILES string of the molecule is Cc1cccc(C(=O)NCC(=O)N2CCOCC2)c1N. The van der Waals surface area contributed by atoms with Crippen molar-refractivity contribution >= 4 is 17.5 Å². The molecule has 2 amide bonds. The third-order valence-corrected chi connectivity index (χ3v) is 3.33. The number of nitrogens with one attached hydrogen (secondary N) is 1. The van der Waals surface area contributed by atoms with Gasteiger partial charge in [-0.2, -0.15) is 0 Å². The molecule has 20 heavy (non-hydrogen) atoms. The minimum atomic E-state index is -0.326. The van der Waals surface area contributed by atoms with Crippen LogP contribution in [0.3, 0.4) is 0 Å². The first kappa shape index (κ1) is 14.3.